The third-order valence-electron chi connectivity index (χ3n) is 3.78. The molecule has 21 heavy (non-hydrogen) atoms. The Morgan fingerprint density at radius 1 is 1.19 bits per heavy atom. The van der Waals surface area contributed by atoms with E-state index < -0.39 is 42.1 Å². The number of aliphatic hydroxyl groups is 3. The van der Waals surface area contributed by atoms with E-state index in [0.29, 0.717) is 0 Å². The van der Waals surface area contributed by atoms with Crippen LogP contribution in [-0.2, 0) is 19.0 Å². The molecule has 1 aliphatic heterocycles. The van der Waals surface area contributed by atoms with Crippen LogP contribution in [0.3, 0.4) is 0 Å². The Kier molecular flexibility index (Phi) is 6.12. The highest BCUT2D eigenvalue weighted by molar-refractivity contribution is 5.71. The number of methoxy groups -OCH3 is 1. The Balaban J connectivity index is 2.78. The molecule has 124 valence electrons. The third-order valence-corrected chi connectivity index (χ3v) is 3.78. The summed E-state index contributed by atoms with van der Waals surface area (Å²) < 4.78 is 15.9. The lowest BCUT2D eigenvalue weighted by Gasteiger charge is -2.46. The lowest BCUT2D eigenvalue weighted by Crippen LogP contribution is -2.64. The van der Waals surface area contributed by atoms with Crippen molar-refractivity contribution in [1.82, 2.24) is 0 Å². The molecule has 7 heteroatoms. The fraction of sp³-hybridized carbons (Fsp3) is 0.929. The second-order valence-electron chi connectivity index (χ2n) is 6.16. The average Bonchev–Trinajstić information content (AvgIpc) is 2.43. The summed E-state index contributed by atoms with van der Waals surface area (Å²) in [6.45, 7) is 6.58. The minimum Gasteiger partial charge on any atom is -0.463 e. The Bertz CT molecular complexity index is 355. The standard InChI is InChI=1S/C14H26O7/c1-7(2)13(18)20-6-8-9(15)10(16)11(17)12(21-8)14(3,4)19-5/h7-12,15-17H,6H2,1-5H3. The molecule has 0 aliphatic carbocycles. The van der Waals surface area contributed by atoms with Crippen LogP contribution in [-0.4, -0.2) is 71.1 Å². The monoisotopic (exact) mass is 306 g/mol. The molecule has 5 atom stereocenters. The Morgan fingerprint density at radius 2 is 1.76 bits per heavy atom. The van der Waals surface area contributed by atoms with Gasteiger partial charge in [-0.05, 0) is 13.8 Å². The maximum absolute atomic E-state index is 11.5. The van der Waals surface area contributed by atoms with Gasteiger partial charge in [0.25, 0.3) is 0 Å². The number of aliphatic hydroxyl groups excluding tert-OH is 3. The number of rotatable bonds is 5. The van der Waals surface area contributed by atoms with E-state index in [1.54, 1.807) is 27.7 Å². The van der Waals surface area contributed by atoms with Crippen LogP contribution < -0.4 is 0 Å². The average molecular weight is 306 g/mol. The van der Waals surface area contributed by atoms with Gasteiger partial charge < -0.3 is 29.5 Å². The zero-order chi connectivity index (χ0) is 16.4. The summed E-state index contributed by atoms with van der Waals surface area (Å²) in [6, 6.07) is 0. The van der Waals surface area contributed by atoms with Crippen molar-refractivity contribution in [3.63, 3.8) is 0 Å². The molecule has 5 unspecified atom stereocenters. The highest BCUT2D eigenvalue weighted by atomic mass is 16.6. The zero-order valence-electron chi connectivity index (χ0n) is 13.1. The van der Waals surface area contributed by atoms with Crippen LogP contribution in [0.2, 0.25) is 0 Å². The van der Waals surface area contributed by atoms with Crippen LogP contribution >= 0.6 is 0 Å². The van der Waals surface area contributed by atoms with E-state index in [9.17, 15) is 20.1 Å². The lowest BCUT2D eigenvalue weighted by atomic mass is 9.87. The maximum Gasteiger partial charge on any atom is 0.308 e. The van der Waals surface area contributed by atoms with Gasteiger partial charge in [0.15, 0.2) is 0 Å². The molecule has 7 nitrogen and oxygen atoms in total. The second kappa shape index (κ2) is 7.02. The first-order valence-electron chi connectivity index (χ1n) is 7.03. The summed E-state index contributed by atoms with van der Waals surface area (Å²) in [4.78, 5) is 11.5. The molecule has 1 saturated heterocycles. The number of hydrogen-bond donors (Lipinski definition) is 3. The first-order chi connectivity index (χ1) is 9.61. The van der Waals surface area contributed by atoms with Gasteiger partial charge in [-0.15, -0.1) is 0 Å². The predicted octanol–water partition coefficient (Wildman–Crippen LogP) is -0.539. The van der Waals surface area contributed by atoms with Crippen molar-refractivity contribution in [1.29, 1.82) is 0 Å². The summed E-state index contributed by atoms with van der Waals surface area (Å²) >= 11 is 0. The minimum atomic E-state index is -1.40. The van der Waals surface area contributed by atoms with Gasteiger partial charge in [0, 0.05) is 7.11 Å². The van der Waals surface area contributed by atoms with Gasteiger partial charge in [0.2, 0.25) is 0 Å². The predicted molar refractivity (Wildman–Crippen MR) is 73.6 cm³/mol. The van der Waals surface area contributed by atoms with E-state index in [0.717, 1.165) is 0 Å². The summed E-state index contributed by atoms with van der Waals surface area (Å²) in [5.41, 5.74) is -0.874. The Labute approximate surface area is 124 Å². The number of carbonyl (C=O) groups excluding carboxylic acids is 1. The number of esters is 1. The maximum atomic E-state index is 11.5. The molecule has 0 spiro atoms. The molecule has 1 rings (SSSR count). The van der Waals surface area contributed by atoms with Gasteiger partial charge in [0.05, 0.1) is 11.5 Å². The molecule has 1 aliphatic rings. The topological polar surface area (TPSA) is 105 Å². The van der Waals surface area contributed by atoms with Crippen molar-refractivity contribution in [2.75, 3.05) is 13.7 Å². The summed E-state index contributed by atoms with van der Waals surface area (Å²) in [5, 5.41) is 29.9. The molecule has 1 fully saturated rings. The molecule has 0 radical (unpaired) electrons. The molecule has 0 aromatic rings. The van der Waals surface area contributed by atoms with Crippen LogP contribution in [0.25, 0.3) is 0 Å². The lowest BCUT2D eigenvalue weighted by molar-refractivity contribution is -0.269. The van der Waals surface area contributed by atoms with Gasteiger partial charge in [-0.2, -0.15) is 0 Å². The van der Waals surface area contributed by atoms with Crippen LogP contribution in [0.1, 0.15) is 27.7 Å². The van der Waals surface area contributed by atoms with E-state index in [-0.39, 0.29) is 12.5 Å². The zero-order valence-corrected chi connectivity index (χ0v) is 13.1. The summed E-state index contributed by atoms with van der Waals surface area (Å²) in [5.74, 6) is -0.721. The van der Waals surface area contributed by atoms with Gasteiger partial charge in [-0.1, -0.05) is 13.8 Å². The first-order valence-corrected chi connectivity index (χ1v) is 7.03. The molecule has 0 amide bonds. The second-order valence-corrected chi connectivity index (χ2v) is 6.16. The molecule has 3 N–H and O–H groups in total. The van der Waals surface area contributed by atoms with Crippen molar-refractivity contribution in [2.45, 2.75) is 63.8 Å². The first kappa shape index (κ1) is 18.3. The molecular formula is C14H26O7. The third kappa shape index (κ3) is 4.14. The van der Waals surface area contributed by atoms with Crippen molar-refractivity contribution < 1.29 is 34.3 Å². The molecule has 0 saturated carbocycles. The van der Waals surface area contributed by atoms with Crippen molar-refractivity contribution in [3.05, 3.63) is 0 Å². The number of hydrogen-bond acceptors (Lipinski definition) is 7. The van der Waals surface area contributed by atoms with Crippen LogP contribution in [0.4, 0.5) is 0 Å². The SMILES string of the molecule is COC(C)(C)C1OC(COC(=O)C(C)C)C(O)C(O)C1O. The molecule has 0 aromatic heterocycles. The van der Waals surface area contributed by atoms with Crippen molar-refractivity contribution >= 4 is 5.97 Å². The number of ether oxygens (including phenoxy) is 3. The fourth-order valence-electron chi connectivity index (χ4n) is 2.11. The van der Waals surface area contributed by atoms with Gasteiger partial charge in [0.1, 0.15) is 37.1 Å². The van der Waals surface area contributed by atoms with Gasteiger partial charge >= 0.3 is 5.97 Å². The van der Waals surface area contributed by atoms with E-state index in [1.165, 1.54) is 7.11 Å². The quantitative estimate of drug-likeness (QED) is 0.586. The van der Waals surface area contributed by atoms with E-state index in [2.05, 4.69) is 0 Å². The van der Waals surface area contributed by atoms with E-state index >= 15 is 0 Å². The molecule has 0 bridgehead atoms. The normalized spacial score (nSPS) is 34.0. The van der Waals surface area contributed by atoms with Crippen LogP contribution in [0.5, 0.6) is 0 Å². The summed E-state index contributed by atoms with van der Waals surface area (Å²) in [7, 11) is 1.46. The Hall–Kier alpha value is -0.730. The van der Waals surface area contributed by atoms with Crippen LogP contribution in [0, 0.1) is 5.92 Å². The smallest absolute Gasteiger partial charge is 0.308 e. The van der Waals surface area contributed by atoms with Crippen LogP contribution in [0.15, 0.2) is 0 Å². The van der Waals surface area contributed by atoms with E-state index in [4.69, 9.17) is 14.2 Å². The highest BCUT2D eigenvalue weighted by Crippen LogP contribution is 2.30. The fourth-order valence-corrected chi connectivity index (χ4v) is 2.11. The van der Waals surface area contributed by atoms with Gasteiger partial charge in [-0.3, -0.25) is 4.79 Å². The number of carbonyl (C=O) groups is 1. The van der Waals surface area contributed by atoms with Crippen molar-refractivity contribution in [3.8, 4) is 0 Å². The summed E-state index contributed by atoms with van der Waals surface area (Å²) in [6.07, 6.45) is -5.83. The molecule has 0 aromatic carbocycles. The largest absolute Gasteiger partial charge is 0.463 e. The molecule has 1 heterocycles. The highest BCUT2D eigenvalue weighted by Gasteiger charge is 2.49. The Morgan fingerprint density at radius 3 is 2.24 bits per heavy atom. The molecular weight excluding hydrogens is 280 g/mol. The van der Waals surface area contributed by atoms with Crippen molar-refractivity contribution in [2.24, 2.45) is 5.92 Å². The van der Waals surface area contributed by atoms with Gasteiger partial charge in [-0.25, -0.2) is 0 Å². The van der Waals surface area contributed by atoms with E-state index in [1.807, 2.05) is 0 Å². The minimum absolute atomic E-state index is 0.196.